The highest BCUT2D eigenvalue weighted by atomic mass is 32.2. The molecule has 1 rings (SSSR count). The largest absolute Gasteiger partial charge is 0.481 e. The van der Waals surface area contributed by atoms with Crippen molar-refractivity contribution in [3.8, 4) is 0 Å². The van der Waals surface area contributed by atoms with Crippen molar-refractivity contribution in [3.05, 3.63) is 0 Å². The lowest BCUT2D eigenvalue weighted by atomic mass is 9.70. The van der Waals surface area contributed by atoms with Gasteiger partial charge in [0.1, 0.15) is 6.04 Å². The number of carboxylic acids is 1. The summed E-state index contributed by atoms with van der Waals surface area (Å²) >= 11 is 1.71. The molecular formula is C20H36N2O5S. The molecule has 0 aromatic heterocycles. The van der Waals surface area contributed by atoms with E-state index in [1.54, 1.807) is 11.8 Å². The van der Waals surface area contributed by atoms with Gasteiger partial charge in [-0.15, -0.1) is 0 Å². The van der Waals surface area contributed by atoms with Crippen LogP contribution in [0.15, 0.2) is 0 Å². The second-order valence-corrected chi connectivity index (χ2v) is 10.6. The summed E-state index contributed by atoms with van der Waals surface area (Å²) in [6, 6.07) is -2.04. The van der Waals surface area contributed by atoms with Crippen molar-refractivity contribution in [2.75, 3.05) is 12.9 Å². The number of hydrogen-bond acceptors (Lipinski definition) is 6. The molecule has 0 aliphatic heterocycles. The van der Waals surface area contributed by atoms with Crippen LogP contribution >= 0.6 is 11.8 Å². The van der Waals surface area contributed by atoms with Gasteiger partial charge in [-0.2, -0.15) is 11.8 Å². The fraction of sp³-hybridized carbons (Fsp3) is 0.850. The Kier molecular flexibility index (Phi) is 9.27. The first-order valence-electron chi connectivity index (χ1n) is 9.89. The fourth-order valence-corrected chi connectivity index (χ4v) is 5.93. The van der Waals surface area contributed by atoms with Gasteiger partial charge in [-0.05, 0) is 37.0 Å². The predicted molar refractivity (Wildman–Crippen MR) is 111 cm³/mol. The zero-order valence-electron chi connectivity index (χ0n) is 17.7. The lowest BCUT2D eigenvalue weighted by molar-refractivity contribution is -0.144. The molecule has 0 heterocycles. The smallest absolute Gasteiger partial charge is 0.329 e. The molecule has 162 valence electrons. The Morgan fingerprint density at radius 3 is 2.32 bits per heavy atom. The van der Waals surface area contributed by atoms with Crippen molar-refractivity contribution in [1.82, 2.24) is 5.32 Å². The number of nitrogens with one attached hydrogen (secondary N) is 1. The van der Waals surface area contributed by atoms with Crippen LogP contribution in [0.4, 0.5) is 0 Å². The first-order valence-corrected chi connectivity index (χ1v) is 10.9. The Balaban J connectivity index is 2.74. The number of carboxylic acid groups (broad SMARTS) is 1. The maximum absolute atomic E-state index is 12.2. The van der Waals surface area contributed by atoms with Crippen molar-refractivity contribution in [2.24, 2.45) is 17.1 Å². The van der Waals surface area contributed by atoms with Crippen LogP contribution in [0.2, 0.25) is 0 Å². The van der Waals surface area contributed by atoms with Gasteiger partial charge in [0.15, 0.2) is 0 Å². The summed E-state index contributed by atoms with van der Waals surface area (Å²) in [6.45, 7) is 9.03. The second kappa shape index (κ2) is 10.5. The van der Waals surface area contributed by atoms with Gasteiger partial charge >= 0.3 is 11.9 Å². The SMILES string of the molecule is COC(=O)[C@H](CSC1(CC(C)(C)CC(C)C)CCC1)NC(=O)[C@@H](N)CC(=O)O. The van der Waals surface area contributed by atoms with Gasteiger partial charge in [0.2, 0.25) is 5.91 Å². The summed E-state index contributed by atoms with van der Waals surface area (Å²) in [5, 5.41) is 11.4. The molecule has 1 aliphatic carbocycles. The number of methoxy groups -OCH3 is 1. The molecule has 0 radical (unpaired) electrons. The first-order chi connectivity index (χ1) is 12.9. The summed E-state index contributed by atoms with van der Waals surface area (Å²) in [7, 11) is 1.27. The molecule has 0 saturated heterocycles. The average molecular weight is 417 g/mol. The summed E-state index contributed by atoms with van der Waals surface area (Å²) in [5.74, 6) is -1.35. The third-order valence-electron chi connectivity index (χ3n) is 5.12. The molecule has 1 amide bonds. The highest BCUT2D eigenvalue weighted by molar-refractivity contribution is 8.00. The second-order valence-electron chi connectivity index (χ2n) is 9.08. The summed E-state index contributed by atoms with van der Waals surface area (Å²) in [4.78, 5) is 35.0. The van der Waals surface area contributed by atoms with Gasteiger partial charge in [-0.25, -0.2) is 4.79 Å². The van der Waals surface area contributed by atoms with Gasteiger partial charge < -0.3 is 20.9 Å². The van der Waals surface area contributed by atoms with E-state index in [0.717, 1.165) is 25.7 Å². The maximum Gasteiger partial charge on any atom is 0.329 e. The van der Waals surface area contributed by atoms with E-state index in [2.05, 4.69) is 33.0 Å². The molecule has 2 atom stereocenters. The van der Waals surface area contributed by atoms with E-state index in [0.29, 0.717) is 11.7 Å². The molecule has 4 N–H and O–H groups in total. The van der Waals surface area contributed by atoms with Crippen LogP contribution in [0.5, 0.6) is 0 Å². The van der Waals surface area contributed by atoms with E-state index < -0.39 is 36.4 Å². The van der Waals surface area contributed by atoms with Crippen molar-refractivity contribution in [3.63, 3.8) is 0 Å². The molecule has 1 saturated carbocycles. The van der Waals surface area contributed by atoms with Crippen molar-refractivity contribution < 1.29 is 24.2 Å². The minimum Gasteiger partial charge on any atom is -0.481 e. The topological polar surface area (TPSA) is 119 Å². The molecule has 0 aromatic carbocycles. The van der Waals surface area contributed by atoms with Crippen LogP contribution in [0, 0.1) is 11.3 Å². The number of hydrogen-bond donors (Lipinski definition) is 3. The van der Waals surface area contributed by atoms with E-state index in [1.807, 2.05) is 0 Å². The van der Waals surface area contributed by atoms with Crippen molar-refractivity contribution in [2.45, 2.75) is 83.1 Å². The Bertz CT molecular complexity index is 561. The molecule has 0 bridgehead atoms. The molecule has 0 unspecified atom stereocenters. The number of carbonyl (C=O) groups excluding carboxylic acids is 2. The molecule has 8 heteroatoms. The zero-order chi connectivity index (χ0) is 21.5. The third kappa shape index (κ3) is 7.99. The number of carbonyl (C=O) groups is 3. The maximum atomic E-state index is 12.2. The van der Waals surface area contributed by atoms with Gasteiger partial charge in [0.05, 0.1) is 19.6 Å². The van der Waals surface area contributed by atoms with Crippen molar-refractivity contribution >= 4 is 29.6 Å². The molecule has 0 spiro atoms. The monoisotopic (exact) mass is 416 g/mol. The highest BCUT2D eigenvalue weighted by Gasteiger charge is 2.43. The molecule has 1 aliphatic rings. The van der Waals surface area contributed by atoms with Crippen LogP contribution in [0.3, 0.4) is 0 Å². The highest BCUT2D eigenvalue weighted by Crippen LogP contribution is 2.52. The minimum absolute atomic E-state index is 0.110. The quantitative estimate of drug-likeness (QED) is 0.418. The van der Waals surface area contributed by atoms with Gasteiger partial charge in [0.25, 0.3) is 0 Å². The van der Waals surface area contributed by atoms with Crippen LogP contribution < -0.4 is 11.1 Å². The number of rotatable bonds is 12. The summed E-state index contributed by atoms with van der Waals surface area (Å²) in [6.07, 6.45) is 5.07. The Morgan fingerprint density at radius 2 is 1.89 bits per heavy atom. The summed E-state index contributed by atoms with van der Waals surface area (Å²) in [5.41, 5.74) is 5.81. The zero-order valence-corrected chi connectivity index (χ0v) is 18.6. The molecule has 7 nitrogen and oxygen atoms in total. The average Bonchev–Trinajstić information content (AvgIpc) is 2.52. The molecular weight excluding hydrogens is 380 g/mol. The normalized spacial score (nSPS) is 18.1. The van der Waals surface area contributed by atoms with Crippen LogP contribution in [0.25, 0.3) is 0 Å². The Morgan fingerprint density at radius 1 is 1.29 bits per heavy atom. The fourth-order valence-electron chi connectivity index (χ4n) is 4.12. The van der Waals surface area contributed by atoms with Gasteiger partial charge in [-0.1, -0.05) is 34.1 Å². The van der Waals surface area contributed by atoms with Crippen LogP contribution in [-0.2, 0) is 19.1 Å². The molecule has 28 heavy (non-hydrogen) atoms. The number of nitrogens with two attached hydrogens (primary N) is 1. The molecule has 0 aromatic rings. The summed E-state index contributed by atoms with van der Waals surface area (Å²) < 4.78 is 4.93. The van der Waals surface area contributed by atoms with E-state index >= 15 is 0 Å². The van der Waals surface area contributed by atoms with Crippen molar-refractivity contribution in [1.29, 1.82) is 0 Å². The number of esters is 1. The first kappa shape index (κ1) is 24.8. The van der Waals surface area contributed by atoms with E-state index in [4.69, 9.17) is 15.6 Å². The van der Waals surface area contributed by atoms with Gasteiger partial charge in [0, 0.05) is 10.5 Å². The predicted octanol–water partition coefficient (Wildman–Crippen LogP) is 2.56. The lowest BCUT2D eigenvalue weighted by Gasteiger charge is -2.47. The number of amides is 1. The van der Waals surface area contributed by atoms with E-state index in [-0.39, 0.29) is 10.2 Å². The number of aliphatic carboxylic acids is 1. The third-order valence-corrected chi connectivity index (χ3v) is 6.78. The van der Waals surface area contributed by atoms with Crippen LogP contribution in [-0.4, -0.2) is 52.6 Å². The minimum atomic E-state index is -1.20. The Hall–Kier alpha value is -1.28. The van der Waals surface area contributed by atoms with Gasteiger partial charge in [-0.3, -0.25) is 9.59 Å². The number of thioether (sulfide) groups is 1. The van der Waals surface area contributed by atoms with E-state index in [9.17, 15) is 14.4 Å². The Labute approximate surface area is 172 Å². The molecule has 1 fully saturated rings. The standard InChI is InChI=1S/C20H36N2O5S/c1-13(2)10-19(3,4)12-20(7-6-8-20)28-11-15(18(26)27-5)22-17(25)14(21)9-16(23)24/h13-15H,6-12,21H2,1-5H3,(H,22,25)(H,23,24)/t14-,15-/m0/s1. The number of ether oxygens (including phenoxy) is 1. The van der Waals surface area contributed by atoms with E-state index in [1.165, 1.54) is 13.5 Å². The van der Waals surface area contributed by atoms with Crippen LogP contribution in [0.1, 0.15) is 66.2 Å². The lowest BCUT2D eigenvalue weighted by Crippen LogP contribution is -2.51.